The van der Waals surface area contributed by atoms with Crippen molar-refractivity contribution in [1.29, 1.82) is 0 Å². The summed E-state index contributed by atoms with van der Waals surface area (Å²) in [6.45, 7) is 4.88. The highest BCUT2D eigenvalue weighted by molar-refractivity contribution is 5.79. The summed E-state index contributed by atoms with van der Waals surface area (Å²) in [5.41, 5.74) is 0. The van der Waals surface area contributed by atoms with Crippen molar-refractivity contribution in [3.63, 3.8) is 0 Å². The molecule has 0 saturated heterocycles. The highest BCUT2D eigenvalue weighted by Crippen LogP contribution is 2.26. The van der Waals surface area contributed by atoms with E-state index >= 15 is 0 Å². The fourth-order valence-electron chi connectivity index (χ4n) is 2.98. The summed E-state index contributed by atoms with van der Waals surface area (Å²) in [5.74, 6) is 0.448. The third-order valence-electron chi connectivity index (χ3n) is 4.14. The predicted molar refractivity (Wildman–Crippen MR) is 74.4 cm³/mol. The highest BCUT2D eigenvalue weighted by atomic mass is 16.3. The Morgan fingerprint density at radius 2 is 2.00 bits per heavy atom. The van der Waals surface area contributed by atoms with Crippen molar-refractivity contribution in [3.8, 4) is 0 Å². The molecule has 1 unspecified atom stereocenters. The molecule has 1 amide bonds. The quantitative estimate of drug-likeness (QED) is 0.724. The molecule has 18 heavy (non-hydrogen) atoms. The van der Waals surface area contributed by atoms with Crippen molar-refractivity contribution in [1.82, 2.24) is 4.90 Å². The van der Waals surface area contributed by atoms with Crippen molar-refractivity contribution in [2.75, 3.05) is 13.2 Å². The molecule has 1 aliphatic rings. The number of carbonyl (C=O) groups excluding carboxylic acids is 1. The number of nitrogens with zero attached hydrogens (tertiary/aromatic N) is 1. The Hall–Kier alpha value is -0.570. The molecule has 0 aromatic heterocycles. The molecular weight excluding hydrogens is 226 g/mol. The smallest absolute Gasteiger partial charge is 0.225 e. The Bertz CT molecular complexity index is 237. The fourth-order valence-corrected chi connectivity index (χ4v) is 2.98. The lowest BCUT2D eigenvalue weighted by Crippen LogP contribution is -2.44. The SMILES string of the molecule is CCCCC(CC)C(=O)N(CCO)C1CCCC1. The van der Waals surface area contributed by atoms with Gasteiger partial charge in [0.15, 0.2) is 0 Å². The highest BCUT2D eigenvalue weighted by Gasteiger charge is 2.29. The fraction of sp³-hybridized carbons (Fsp3) is 0.933. The van der Waals surface area contributed by atoms with Crippen LogP contribution in [0.15, 0.2) is 0 Å². The summed E-state index contributed by atoms with van der Waals surface area (Å²) in [6.07, 6.45) is 8.90. The molecule has 1 aliphatic carbocycles. The maximum Gasteiger partial charge on any atom is 0.225 e. The van der Waals surface area contributed by atoms with Gasteiger partial charge in [0.05, 0.1) is 6.61 Å². The molecule has 1 fully saturated rings. The van der Waals surface area contributed by atoms with Gasteiger partial charge in [0.1, 0.15) is 0 Å². The van der Waals surface area contributed by atoms with E-state index in [-0.39, 0.29) is 18.4 Å². The molecule has 1 atom stereocenters. The van der Waals surface area contributed by atoms with E-state index in [1.54, 1.807) is 0 Å². The van der Waals surface area contributed by atoms with Gasteiger partial charge in [-0.25, -0.2) is 0 Å². The van der Waals surface area contributed by atoms with Gasteiger partial charge in [-0.05, 0) is 25.7 Å². The number of aliphatic hydroxyl groups is 1. The maximum atomic E-state index is 12.6. The zero-order valence-electron chi connectivity index (χ0n) is 12.0. The molecule has 0 bridgehead atoms. The first kappa shape index (κ1) is 15.5. The van der Waals surface area contributed by atoms with Gasteiger partial charge in [-0.2, -0.15) is 0 Å². The molecule has 1 saturated carbocycles. The van der Waals surface area contributed by atoms with E-state index in [4.69, 9.17) is 0 Å². The van der Waals surface area contributed by atoms with Gasteiger partial charge in [0.25, 0.3) is 0 Å². The molecule has 1 rings (SSSR count). The van der Waals surface area contributed by atoms with Crippen LogP contribution in [0, 0.1) is 5.92 Å². The Morgan fingerprint density at radius 1 is 1.33 bits per heavy atom. The van der Waals surface area contributed by atoms with E-state index in [1.165, 1.54) is 12.8 Å². The summed E-state index contributed by atoms with van der Waals surface area (Å²) in [6, 6.07) is 0.389. The monoisotopic (exact) mass is 255 g/mol. The molecule has 0 radical (unpaired) electrons. The molecule has 3 heteroatoms. The van der Waals surface area contributed by atoms with Gasteiger partial charge in [-0.15, -0.1) is 0 Å². The zero-order chi connectivity index (χ0) is 13.4. The first-order valence-corrected chi connectivity index (χ1v) is 7.65. The summed E-state index contributed by atoms with van der Waals surface area (Å²) < 4.78 is 0. The molecule has 106 valence electrons. The van der Waals surface area contributed by atoms with Gasteiger partial charge in [-0.1, -0.05) is 39.5 Å². The van der Waals surface area contributed by atoms with Gasteiger partial charge in [0.2, 0.25) is 5.91 Å². The average Bonchev–Trinajstić information content (AvgIpc) is 2.90. The Balaban J connectivity index is 2.60. The second kappa shape index (κ2) is 8.52. The molecule has 1 N–H and O–H groups in total. The van der Waals surface area contributed by atoms with E-state index < -0.39 is 0 Å². The van der Waals surface area contributed by atoms with Crippen LogP contribution in [0.3, 0.4) is 0 Å². The van der Waals surface area contributed by atoms with Crippen molar-refractivity contribution >= 4 is 5.91 Å². The van der Waals surface area contributed by atoms with Crippen molar-refractivity contribution < 1.29 is 9.90 Å². The van der Waals surface area contributed by atoms with Crippen LogP contribution in [0.25, 0.3) is 0 Å². The number of hydrogen-bond acceptors (Lipinski definition) is 2. The van der Waals surface area contributed by atoms with Crippen LogP contribution in [0.5, 0.6) is 0 Å². The maximum absolute atomic E-state index is 12.6. The minimum atomic E-state index is 0.0897. The summed E-state index contributed by atoms with van der Waals surface area (Å²) in [7, 11) is 0. The predicted octanol–water partition coefficient (Wildman–Crippen LogP) is 2.97. The second-order valence-electron chi connectivity index (χ2n) is 5.44. The summed E-state index contributed by atoms with van der Waals surface area (Å²) in [5, 5.41) is 9.18. The zero-order valence-corrected chi connectivity index (χ0v) is 12.0. The van der Waals surface area contributed by atoms with Crippen LogP contribution in [0.4, 0.5) is 0 Å². The minimum Gasteiger partial charge on any atom is -0.395 e. The third kappa shape index (κ3) is 4.27. The first-order chi connectivity index (χ1) is 8.74. The minimum absolute atomic E-state index is 0.0897. The van der Waals surface area contributed by atoms with Crippen LogP contribution in [-0.4, -0.2) is 35.1 Å². The Kier molecular flexibility index (Phi) is 7.33. The van der Waals surface area contributed by atoms with Gasteiger partial charge in [-0.3, -0.25) is 4.79 Å². The molecule has 0 spiro atoms. The number of amides is 1. The lowest BCUT2D eigenvalue weighted by atomic mass is 9.96. The number of aliphatic hydroxyl groups excluding tert-OH is 1. The van der Waals surface area contributed by atoms with E-state index in [2.05, 4.69) is 13.8 Å². The summed E-state index contributed by atoms with van der Waals surface area (Å²) in [4.78, 5) is 14.5. The van der Waals surface area contributed by atoms with Gasteiger partial charge in [0, 0.05) is 18.5 Å². The largest absolute Gasteiger partial charge is 0.395 e. The molecule has 0 aromatic carbocycles. The van der Waals surface area contributed by atoms with Crippen molar-refractivity contribution in [3.05, 3.63) is 0 Å². The molecule has 0 aliphatic heterocycles. The van der Waals surface area contributed by atoms with Crippen LogP contribution in [0.1, 0.15) is 65.2 Å². The lowest BCUT2D eigenvalue weighted by Gasteiger charge is -2.31. The van der Waals surface area contributed by atoms with E-state index in [0.717, 1.165) is 38.5 Å². The van der Waals surface area contributed by atoms with Crippen LogP contribution < -0.4 is 0 Å². The molecular formula is C15H29NO2. The third-order valence-corrected chi connectivity index (χ3v) is 4.14. The van der Waals surface area contributed by atoms with Gasteiger partial charge >= 0.3 is 0 Å². The van der Waals surface area contributed by atoms with Crippen LogP contribution in [0.2, 0.25) is 0 Å². The Labute approximate surface area is 112 Å². The van der Waals surface area contributed by atoms with Crippen LogP contribution >= 0.6 is 0 Å². The van der Waals surface area contributed by atoms with Crippen LogP contribution in [-0.2, 0) is 4.79 Å². The van der Waals surface area contributed by atoms with Crippen molar-refractivity contribution in [2.24, 2.45) is 5.92 Å². The standard InChI is InChI=1S/C15H29NO2/c1-3-5-8-13(4-2)15(18)16(11-12-17)14-9-6-7-10-14/h13-14,17H,3-12H2,1-2H3. The molecule has 0 aromatic rings. The molecule has 0 heterocycles. The van der Waals surface area contributed by atoms with Gasteiger partial charge < -0.3 is 10.0 Å². The first-order valence-electron chi connectivity index (χ1n) is 7.65. The lowest BCUT2D eigenvalue weighted by molar-refractivity contribution is -0.138. The van der Waals surface area contributed by atoms with E-state index in [1.807, 2.05) is 4.90 Å². The number of carbonyl (C=O) groups is 1. The molecule has 3 nitrogen and oxygen atoms in total. The van der Waals surface area contributed by atoms with E-state index in [9.17, 15) is 9.90 Å². The topological polar surface area (TPSA) is 40.5 Å². The van der Waals surface area contributed by atoms with Crippen molar-refractivity contribution in [2.45, 2.75) is 71.3 Å². The number of rotatable bonds is 8. The average molecular weight is 255 g/mol. The Morgan fingerprint density at radius 3 is 2.50 bits per heavy atom. The summed E-state index contributed by atoms with van der Waals surface area (Å²) >= 11 is 0. The normalized spacial score (nSPS) is 17.9. The van der Waals surface area contributed by atoms with E-state index in [0.29, 0.717) is 12.6 Å². The second-order valence-corrected chi connectivity index (χ2v) is 5.44. The number of unbranched alkanes of at least 4 members (excludes halogenated alkanes) is 1. The number of hydrogen-bond donors (Lipinski definition) is 1.